The first-order valence-corrected chi connectivity index (χ1v) is 4.72. The third kappa shape index (κ3) is 4.65. The molecule has 0 bridgehead atoms. The van der Waals surface area contributed by atoms with Crippen molar-refractivity contribution in [3.8, 4) is 6.07 Å². The highest BCUT2D eigenvalue weighted by molar-refractivity contribution is 7.89. The highest BCUT2D eigenvalue weighted by Gasteiger charge is 2.09. The third-order valence-electron chi connectivity index (χ3n) is 0.986. The first kappa shape index (κ1) is 10.9. The molecule has 0 rings (SSSR count). The second kappa shape index (κ2) is 4.69. The molecule has 0 aromatic carbocycles. The molecule has 0 saturated carbocycles. The number of carbonyl (C=O) groups is 1. The smallest absolute Gasteiger partial charge is 0.234 e. The predicted octanol–water partition coefficient (Wildman–Crippen LogP) is -1.82. The van der Waals surface area contributed by atoms with Crippen molar-refractivity contribution < 1.29 is 13.2 Å². The Morgan fingerprint density at radius 3 is 2.58 bits per heavy atom. The summed E-state index contributed by atoms with van der Waals surface area (Å²) in [6.45, 7) is -0.333. The van der Waals surface area contributed by atoms with E-state index in [0.717, 1.165) is 0 Å². The maximum atomic E-state index is 10.7. The maximum Gasteiger partial charge on any atom is 0.234 e. The van der Waals surface area contributed by atoms with Crippen LogP contribution in [0.3, 0.4) is 0 Å². The van der Waals surface area contributed by atoms with Crippen molar-refractivity contribution in [2.24, 2.45) is 0 Å². The molecular formula is C5H9N3O3S. The zero-order valence-corrected chi connectivity index (χ0v) is 7.31. The van der Waals surface area contributed by atoms with Gasteiger partial charge < -0.3 is 5.32 Å². The number of nitrogens with one attached hydrogen (secondary N) is 2. The van der Waals surface area contributed by atoms with Crippen LogP contribution in [0.5, 0.6) is 0 Å². The lowest BCUT2D eigenvalue weighted by Gasteiger charge is -2.00. The number of rotatable bonds is 4. The molecule has 7 heteroatoms. The molecule has 0 aliphatic rings. The fourth-order valence-electron chi connectivity index (χ4n) is 0.400. The second-order valence-electron chi connectivity index (χ2n) is 1.91. The number of sulfonamides is 1. The van der Waals surface area contributed by atoms with E-state index in [-0.39, 0.29) is 6.54 Å². The number of carbonyl (C=O) groups excluding carboxylic acids is 1. The molecule has 0 unspecified atom stereocenters. The number of nitrogens with zero attached hydrogens (tertiary/aromatic N) is 1. The molecule has 0 heterocycles. The van der Waals surface area contributed by atoms with Gasteiger partial charge in [0.15, 0.2) is 5.75 Å². The Morgan fingerprint density at radius 1 is 1.58 bits per heavy atom. The minimum atomic E-state index is -3.61. The fourth-order valence-corrected chi connectivity index (χ4v) is 1.02. The van der Waals surface area contributed by atoms with E-state index in [4.69, 9.17) is 5.26 Å². The van der Waals surface area contributed by atoms with E-state index >= 15 is 0 Å². The Bertz CT molecular complexity index is 290. The summed E-state index contributed by atoms with van der Waals surface area (Å²) in [5.74, 6) is -1.08. The second-order valence-corrected chi connectivity index (χ2v) is 3.72. The molecule has 2 N–H and O–H groups in total. The number of nitriles is 1. The van der Waals surface area contributed by atoms with Gasteiger partial charge >= 0.3 is 0 Å². The summed E-state index contributed by atoms with van der Waals surface area (Å²) in [7, 11) is -2.22. The van der Waals surface area contributed by atoms with Gasteiger partial charge in [-0.3, -0.25) is 4.79 Å². The molecule has 68 valence electrons. The van der Waals surface area contributed by atoms with Crippen LogP contribution in [0, 0.1) is 11.3 Å². The van der Waals surface area contributed by atoms with Crippen molar-refractivity contribution in [1.29, 1.82) is 5.26 Å². The average molecular weight is 191 g/mol. The standard InChI is InChI=1S/C5H9N3O3S/c1-7-5(9)4-8-12(10,11)3-2-6/h8H,3-4H2,1H3,(H,7,9). The average Bonchev–Trinajstić information content (AvgIpc) is 2.00. The molecular weight excluding hydrogens is 182 g/mol. The quantitative estimate of drug-likeness (QED) is 0.546. The summed E-state index contributed by atoms with van der Waals surface area (Å²) in [6.07, 6.45) is 0. The third-order valence-corrected chi connectivity index (χ3v) is 2.08. The lowest BCUT2D eigenvalue weighted by molar-refractivity contribution is -0.119. The lowest BCUT2D eigenvalue weighted by atomic mass is 10.6. The molecule has 0 aromatic heterocycles. The minimum Gasteiger partial charge on any atom is -0.358 e. The Hall–Kier alpha value is -1.13. The van der Waals surface area contributed by atoms with Crippen molar-refractivity contribution in [3.05, 3.63) is 0 Å². The topological polar surface area (TPSA) is 99.1 Å². The summed E-state index contributed by atoms with van der Waals surface area (Å²) in [5.41, 5.74) is 0. The highest BCUT2D eigenvalue weighted by Crippen LogP contribution is 1.80. The number of amides is 1. The summed E-state index contributed by atoms with van der Waals surface area (Å²) in [4.78, 5) is 10.5. The number of hydrogen-bond acceptors (Lipinski definition) is 4. The molecule has 0 aromatic rings. The largest absolute Gasteiger partial charge is 0.358 e. The van der Waals surface area contributed by atoms with Gasteiger partial charge in [0.2, 0.25) is 15.9 Å². The molecule has 0 aliphatic carbocycles. The van der Waals surface area contributed by atoms with E-state index in [1.807, 2.05) is 4.72 Å². The first-order valence-electron chi connectivity index (χ1n) is 3.06. The van der Waals surface area contributed by atoms with Crippen molar-refractivity contribution in [3.63, 3.8) is 0 Å². The van der Waals surface area contributed by atoms with Crippen LogP contribution in [0.25, 0.3) is 0 Å². The summed E-state index contributed by atoms with van der Waals surface area (Å²) >= 11 is 0. The van der Waals surface area contributed by atoms with Crippen molar-refractivity contribution in [2.75, 3.05) is 19.3 Å². The van der Waals surface area contributed by atoms with E-state index in [1.54, 1.807) is 0 Å². The minimum absolute atomic E-state index is 0.333. The van der Waals surface area contributed by atoms with E-state index in [2.05, 4.69) is 5.32 Å². The fraction of sp³-hybridized carbons (Fsp3) is 0.600. The van der Waals surface area contributed by atoms with Crippen LogP contribution in [0.2, 0.25) is 0 Å². The Kier molecular flexibility index (Phi) is 4.25. The number of hydrogen-bond donors (Lipinski definition) is 2. The van der Waals surface area contributed by atoms with Crippen LogP contribution < -0.4 is 10.0 Å². The van der Waals surface area contributed by atoms with Gasteiger partial charge in [-0.05, 0) is 0 Å². The summed E-state index contributed by atoms with van der Waals surface area (Å²) < 4.78 is 23.4. The molecule has 12 heavy (non-hydrogen) atoms. The van der Waals surface area contributed by atoms with Crippen molar-refractivity contribution in [2.45, 2.75) is 0 Å². The molecule has 0 spiro atoms. The first-order chi connectivity index (χ1) is 5.52. The Labute approximate surface area is 70.6 Å². The van der Waals surface area contributed by atoms with Crippen molar-refractivity contribution in [1.82, 2.24) is 10.0 Å². The van der Waals surface area contributed by atoms with Crippen LogP contribution in [-0.2, 0) is 14.8 Å². The molecule has 0 fully saturated rings. The van der Waals surface area contributed by atoms with Crippen LogP contribution in [0.15, 0.2) is 0 Å². The van der Waals surface area contributed by atoms with Gasteiger partial charge in [-0.2, -0.15) is 5.26 Å². The van der Waals surface area contributed by atoms with Crippen LogP contribution in [0.4, 0.5) is 0 Å². The molecule has 0 radical (unpaired) electrons. The van der Waals surface area contributed by atoms with Gasteiger partial charge in [0.25, 0.3) is 0 Å². The monoisotopic (exact) mass is 191 g/mol. The van der Waals surface area contributed by atoms with Gasteiger partial charge in [0, 0.05) is 7.05 Å². The normalized spacial score (nSPS) is 10.3. The van der Waals surface area contributed by atoms with Crippen molar-refractivity contribution >= 4 is 15.9 Å². The van der Waals surface area contributed by atoms with Crippen LogP contribution in [-0.4, -0.2) is 33.7 Å². The van der Waals surface area contributed by atoms with E-state index in [1.165, 1.54) is 13.1 Å². The highest BCUT2D eigenvalue weighted by atomic mass is 32.2. The van der Waals surface area contributed by atoms with Gasteiger partial charge in [0.05, 0.1) is 12.6 Å². The zero-order chi connectivity index (χ0) is 9.61. The number of likely N-dealkylation sites (N-methyl/N-ethyl adjacent to an activating group) is 1. The van der Waals surface area contributed by atoms with Gasteiger partial charge in [-0.25, -0.2) is 13.1 Å². The molecule has 1 amide bonds. The Morgan fingerprint density at radius 2 is 2.17 bits per heavy atom. The molecule has 0 saturated heterocycles. The van der Waals surface area contributed by atoms with E-state index < -0.39 is 21.7 Å². The SMILES string of the molecule is CNC(=O)CNS(=O)(=O)CC#N. The molecule has 0 atom stereocenters. The van der Waals surface area contributed by atoms with Gasteiger partial charge in [0.1, 0.15) is 0 Å². The summed E-state index contributed by atoms with van der Waals surface area (Å²) in [5, 5.41) is 10.3. The van der Waals surface area contributed by atoms with Crippen LogP contribution in [0.1, 0.15) is 0 Å². The van der Waals surface area contributed by atoms with Gasteiger partial charge in [-0.1, -0.05) is 0 Å². The zero-order valence-electron chi connectivity index (χ0n) is 6.49. The maximum absolute atomic E-state index is 10.7. The van der Waals surface area contributed by atoms with E-state index in [9.17, 15) is 13.2 Å². The Balaban J connectivity index is 3.95. The molecule has 0 aliphatic heterocycles. The van der Waals surface area contributed by atoms with Gasteiger partial charge in [-0.15, -0.1) is 0 Å². The molecule has 6 nitrogen and oxygen atoms in total. The van der Waals surface area contributed by atoms with E-state index in [0.29, 0.717) is 0 Å². The summed E-state index contributed by atoms with van der Waals surface area (Å²) in [6, 6.07) is 1.47. The lowest BCUT2D eigenvalue weighted by Crippen LogP contribution is -2.36. The van der Waals surface area contributed by atoms with Crippen LogP contribution >= 0.6 is 0 Å². The predicted molar refractivity (Wildman–Crippen MR) is 41.5 cm³/mol.